The summed E-state index contributed by atoms with van der Waals surface area (Å²) in [4.78, 5) is 10.8. The molecule has 1 radical (unpaired) electrons. The number of aryl methyl sites for hydroxylation is 1. The largest absolute Gasteiger partial charge is 0.662 e. The third-order valence-corrected chi connectivity index (χ3v) is 1.93. The van der Waals surface area contributed by atoms with E-state index in [2.05, 4.69) is 10.2 Å². The van der Waals surface area contributed by atoms with E-state index in [1.807, 2.05) is 25.1 Å². The summed E-state index contributed by atoms with van der Waals surface area (Å²) in [6, 6.07) is 5.63. The molecule has 4 nitrogen and oxygen atoms in total. The molecule has 5 heteroatoms. The van der Waals surface area contributed by atoms with Crippen LogP contribution in [0.15, 0.2) is 18.2 Å². The van der Waals surface area contributed by atoms with E-state index in [4.69, 9.17) is 5.73 Å². The van der Waals surface area contributed by atoms with Crippen molar-refractivity contribution in [3.05, 3.63) is 35.2 Å². The number of amides is 1. The Kier molecular flexibility index (Phi) is 3.40. The van der Waals surface area contributed by atoms with Gasteiger partial charge in [-0.2, -0.15) is 5.10 Å². The molecule has 69 valence electrons. The van der Waals surface area contributed by atoms with Gasteiger partial charge in [-0.1, -0.05) is 11.6 Å². The fraction of sp³-hybridized carbons (Fsp3) is 0.111. The second kappa shape index (κ2) is 4.19. The van der Waals surface area contributed by atoms with Gasteiger partial charge in [0.15, 0.2) is 0 Å². The second-order valence-electron chi connectivity index (χ2n) is 2.95. The van der Waals surface area contributed by atoms with Crippen LogP contribution < -0.4 is 0 Å². The van der Waals surface area contributed by atoms with E-state index < -0.39 is 5.91 Å². The van der Waals surface area contributed by atoms with Gasteiger partial charge >= 0.3 is 0 Å². The average Bonchev–Trinajstić information content (AvgIpc) is 2.46. The van der Waals surface area contributed by atoms with Crippen LogP contribution in [0.25, 0.3) is 16.6 Å². The summed E-state index contributed by atoms with van der Waals surface area (Å²) >= 11 is 0. The monoisotopic (exact) mass is 263 g/mol. The summed E-state index contributed by atoms with van der Waals surface area (Å²) in [7, 11) is 0. The Bertz CT molecular complexity index is 478. The minimum absolute atomic E-state index is 0. The topological polar surface area (TPSA) is 69.6 Å². The van der Waals surface area contributed by atoms with Gasteiger partial charge in [-0.15, -0.1) is 0 Å². The third-order valence-electron chi connectivity index (χ3n) is 1.93. The van der Waals surface area contributed by atoms with Gasteiger partial charge in [0.25, 0.3) is 0 Å². The zero-order chi connectivity index (χ0) is 9.42. The number of aromatic amines is 1. The number of benzene rings is 1. The summed E-state index contributed by atoms with van der Waals surface area (Å²) in [5.41, 5.74) is 9.00. The zero-order valence-corrected chi connectivity index (χ0v) is 10.5. The molecule has 0 aliphatic carbocycles. The van der Waals surface area contributed by atoms with Crippen molar-refractivity contribution in [3.63, 3.8) is 0 Å². The molecule has 0 unspecified atom stereocenters. The Morgan fingerprint density at radius 2 is 2.21 bits per heavy atom. The van der Waals surface area contributed by atoms with Crippen LogP contribution in [0, 0.1) is 6.92 Å². The van der Waals surface area contributed by atoms with E-state index in [1.165, 1.54) is 0 Å². The Hall–Kier alpha value is -0.736. The first-order valence-corrected chi connectivity index (χ1v) is 3.89. The predicted octanol–water partition coefficient (Wildman–Crippen LogP) is 2.06. The molecule has 14 heavy (non-hydrogen) atoms. The maximum atomic E-state index is 10.8. The van der Waals surface area contributed by atoms with Crippen LogP contribution in [-0.4, -0.2) is 16.1 Å². The molecule has 0 bridgehead atoms. The molecule has 2 aromatic rings. The van der Waals surface area contributed by atoms with E-state index in [0.29, 0.717) is 0 Å². The average molecular weight is 263 g/mol. The standard InChI is InChI=1S/C9H9N3O.Y/c1-5-2-3-7-6(4-5)8(9(10)13)12-11-7;/h2-4H,1H3,(H3,10,11,12,13);/p-1. The first-order chi connectivity index (χ1) is 6.18. The molecule has 0 saturated heterocycles. The number of fused-ring (bicyclic) bond motifs is 1. The summed E-state index contributed by atoms with van der Waals surface area (Å²) in [6.07, 6.45) is 0. The molecular weight excluding hydrogens is 255 g/mol. The fourth-order valence-corrected chi connectivity index (χ4v) is 1.30. The van der Waals surface area contributed by atoms with Crippen molar-refractivity contribution in [1.29, 1.82) is 0 Å². The van der Waals surface area contributed by atoms with E-state index in [1.54, 1.807) is 0 Å². The first kappa shape index (κ1) is 11.3. The van der Waals surface area contributed by atoms with E-state index in [9.17, 15) is 4.79 Å². The van der Waals surface area contributed by atoms with Crippen molar-refractivity contribution in [2.75, 3.05) is 0 Å². The molecule has 0 aliphatic rings. The van der Waals surface area contributed by atoms with Gasteiger partial charge in [0.05, 0.1) is 5.52 Å². The third kappa shape index (κ3) is 1.86. The molecule has 0 fully saturated rings. The van der Waals surface area contributed by atoms with Crippen molar-refractivity contribution in [2.45, 2.75) is 6.92 Å². The molecule has 1 heterocycles. The number of hydrogen-bond acceptors (Lipinski definition) is 2. The molecule has 0 aliphatic heterocycles. The van der Waals surface area contributed by atoms with Gasteiger partial charge in [0, 0.05) is 38.1 Å². The number of hydrogen-bond donors (Lipinski definition) is 1. The van der Waals surface area contributed by atoms with Gasteiger partial charge in [-0.05, 0) is 19.1 Å². The fourth-order valence-electron chi connectivity index (χ4n) is 1.30. The van der Waals surface area contributed by atoms with E-state index in [-0.39, 0.29) is 38.4 Å². The molecular formula is C9H8N3OY-. The number of nitrogens with zero attached hydrogens (tertiary/aromatic N) is 1. The first-order valence-electron chi connectivity index (χ1n) is 3.89. The molecule has 1 aromatic heterocycles. The van der Waals surface area contributed by atoms with Gasteiger partial charge in [0.2, 0.25) is 0 Å². The van der Waals surface area contributed by atoms with Crippen LogP contribution in [-0.2, 0) is 32.7 Å². The summed E-state index contributed by atoms with van der Waals surface area (Å²) in [5, 5.41) is 7.20. The van der Waals surface area contributed by atoms with Crippen molar-refractivity contribution in [3.8, 4) is 0 Å². The van der Waals surface area contributed by atoms with Crippen molar-refractivity contribution in [2.24, 2.45) is 0 Å². The van der Waals surface area contributed by atoms with Crippen LogP contribution in [0.5, 0.6) is 0 Å². The van der Waals surface area contributed by atoms with Gasteiger partial charge in [-0.25, -0.2) is 0 Å². The van der Waals surface area contributed by atoms with Crippen molar-refractivity contribution >= 4 is 16.8 Å². The van der Waals surface area contributed by atoms with Crippen molar-refractivity contribution in [1.82, 2.24) is 10.2 Å². The number of H-pyrrole nitrogens is 1. The van der Waals surface area contributed by atoms with E-state index >= 15 is 0 Å². The summed E-state index contributed by atoms with van der Waals surface area (Å²) < 4.78 is 0. The maximum absolute atomic E-state index is 10.8. The number of carbonyl (C=O) groups excluding carboxylic acids is 1. The normalized spacial score (nSPS) is 9.79. The van der Waals surface area contributed by atoms with Crippen LogP contribution in [0.3, 0.4) is 0 Å². The van der Waals surface area contributed by atoms with Crippen LogP contribution >= 0.6 is 0 Å². The Labute approximate surface area is 106 Å². The number of carbonyl (C=O) groups is 1. The molecule has 2 N–H and O–H groups in total. The molecule has 0 atom stereocenters. The zero-order valence-electron chi connectivity index (χ0n) is 7.66. The smallest absolute Gasteiger partial charge is 0.117 e. The number of aromatic nitrogens is 2. The Morgan fingerprint density at radius 3 is 2.86 bits per heavy atom. The Morgan fingerprint density at radius 1 is 1.50 bits per heavy atom. The van der Waals surface area contributed by atoms with Crippen molar-refractivity contribution < 1.29 is 37.5 Å². The number of nitrogens with one attached hydrogen (secondary N) is 2. The van der Waals surface area contributed by atoms with Gasteiger partial charge < -0.3 is 10.5 Å². The van der Waals surface area contributed by atoms with Crippen LogP contribution in [0.1, 0.15) is 16.1 Å². The Balaban J connectivity index is 0.000000980. The van der Waals surface area contributed by atoms with E-state index in [0.717, 1.165) is 16.5 Å². The molecule has 0 saturated carbocycles. The van der Waals surface area contributed by atoms with Gasteiger partial charge in [-0.3, -0.25) is 5.10 Å². The molecule has 1 aromatic carbocycles. The van der Waals surface area contributed by atoms with Crippen LogP contribution in [0.4, 0.5) is 0 Å². The molecule has 2 rings (SSSR count). The number of rotatable bonds is 1. The minimum Gasteiger partial charge on any atom is -0.662 e. The second-order valence-corrected chi connectivity index (χ2v) is 2.95. The predicted molar refractivity (Wildman–Crippen MR) is 49.5 cm³/mol. The minimum atomic E-state index is -0.753. The maximum Gasteiger partial charge on any atom is 0.117 e. The summed E-state index contributed by atoms with van der Waals surface area (Å²) in [6.45, 7) is 1.94. The molecule has 0 spiro atoms. The van der Waals surface area contributed by atoms with Gasteiger partial charge in [0.1, 0.15) is 11.6 Å². The van der Waals surface area contributed by atoms with Crippen LogP contribution in [0.2, 0.25) is 0 Å². The quantitative estimate of drug-likeness (QED) is 0.855. The summed E-state index contributed by atoms with van der Waals surface area (Å²) in [5.74, 6) is -0.753. The molecule has 1 amide bonds. The SMILES string of the molecule is Cc1ccc2[nH]nc(C([NH-])=O)c2c1.[Y].